The van der Waals surface area contributed by atoms with E-state index in [0.717, 1.165) is 24.0 Å². The van der Waals surface area contributed by atoms with Gasteiger partial charge in [-0.2, -0.15) is 0 Å². The molecular formula is C22H25N3O5. The maximum atomic E-state index is 12.4. The van der Waals surface area contributed by atoms with Crippen molar-refractivity contribution in [2.24, 2.45) is 0 Å². The van der Waals surface area contributed by atoms with Crippen LogP contribution in [0.1, 0.15) is 47.9 Å². The number of benzene rings is 2. The Hall–Kier alpha value is -3.13. The topological polar surface area (TPSA) is 90.4 Å². The molecule has 1 fully saturated rings. The van der Waals surface area contributed by atoms with Crippen LogP contribution in [0, 0.1) is 0 Å². The molecule has 1 saturated heterocycles. The average Bonchev–Trinajstić information content (AvgIpc) is 2.95. The van der Waals surface area contributed by atoms with Gasteiger partial charge in [-0.15, -0.1) is 5.06 Å². The number of hydrogen-bond donors (Lipinski definition) is 1. The molecule has 0 radical (unpaired) electrons. The van der Waals surface area contributed by atoms with Crippen molar-refractivity contribution in [2.45, 2.75) is 32.8 Å². The summed E-state index contributed by atoms with van der Waals surface area (Å²) in [5.74, 6) is -1.44. The van der Waals surface area contributed by atoms with Gasteiger partial charge in [0, 0.05) is 42.6 Å². The van der Waals surface area contributed by atoms with Crippen molar-refractivity contribution in [2.75, 3.05) is 31.1 Å². The van der Waals surface area contributed by atoms with Gasteiger partial charge in [-0.25, -0.2) is 4.79 Å². The standard InChI is InChI=1S/C22H25N3O5/c1-22(2,3)30-21(28)24-11-5-10-23(12-13-24)17-9-8-16-18-14(17)6-4-7-15(18)19(26)25(29)20(16)27/h4,6-9,29H,5,10-13H2,1-3H3. The molecule has 0 atom stereocenters. The summed E-state index contributed by atoms with van der Waals surface area (Å²) < 4.78 is 5.50. The van der Waals surface area contributed by atoms with E-state index in [-0.39, 0.29) is 11.2 Å². The molecule has 2 aromatic rings. The van der Waals surface area contributed by atoms with Gasteiger partial charge in [0.25, 0.3) is 11.8 Å². The second-order valence-corrected chi connectivity index (χ2v) is 8.59. The first-order valence-electron chi connectivity index (χ1n) is 10.0. The number of amides is 3. The monoisotopic (exact) mass is 411 g/mol. The number of nitrogens with zero attached hydrogens (tertiary/aromatic N) is 3. The fraction of sp³-hybridized carbons (Fsp3) is 0.409. The van der Waals surface area contributed by atoms with Gasteiger partial charge in [0.15, 0.2) is 0 Å². The first-order valence-corrected chi connectivity index (χ1v) is 10.0. The highest BCUT2D eigenvalue weighted by atomic mass is 16.6. The van der Waals surface area contributed by atoms with E-state index < -0.39 is 17.4 Å². The number of anilines is 1. The lowest BCUT2D eigenvalue weighted by molar-refractivity contribution is -0.0377. The summed E-state index contributed by atoms with van der Waals surface area (Å²) in [6.07, 6.45) is 0.449. The van der Waals surface area contributed by atoms with E-state index >= 15 is 0 Å². The van der Waals surface area contributed by atoms with Gasteiger partial charge in [0.05, 0.1) is 11.1 Å². The number of carbonyl (C=O) groups is 3. The molecule has 0 saturated carbocycles. The first kappa shape index (κ1) is 20.2. The van der Waals surface area contributed by atoms with Gasteiger partial charge in [-0.3, -0.25) is 14.8 Å². The Labute approximate surface area is 174 Å². The molecule has 2 aliphatic rings. The zero-order valence-electron chi connectivity index (χ0n) is 17.3. The Kier molecular flexibility index (Phi) is 4.89. The van der Waals surface area contributed by atoms with Gasteiger partial charge in [0.1, 0.15) is 5.60 Å². The number of carbonyl (C=O) groups excluding carboxylic acids is 3. The minimum atomic E-state index is -0.720. The quantitative estimate of drug-likeness (QED) is 0.572. The van der Waals surface area contributed by atoms with Crippen LogP contribution in [-0.2, 0) is 4.74 Å². The Morgan fingerprint density at radius 3 is 2.37 bits per heavy atom. The fourth-order valence-corrected chi connectivity index (χ4v) is 4.01. The van der Waals surface area contributed by atoms with E-state index in [0.29, 0.717) is 36.1 Å². The van der Waals surface area contributed by atoms with Crippen LogP contribution in [0.15, 0.2) is 30.3 Å². The zero-order chi connectivity index (χ0) is 21.6. The second kappa shape index (κ2) is 7.28. The number of hydrogen-bond acceptors (Lipinski definition) is 6. The molecular weight excluding hydrogens is 386 g/mol. The molecule has 0 bridgehead atoms. The predicted molar refractivity (Wildman–Crippen MR) is 111 cm³/mol. The summed E-state index contributed by atoms with van der Waals surface area (Å²) in [4.78, 5) is 41.1. The maximum absolute atomic E-state index is 12.4. The summed E-state index contributed by atoms with van der Waals surface area (Å²) in [6, 6.07) is 8.72. The third-order valence-corrected chi connectivity index (χ3v) is 5.35. The second-order valence-electron chi connectivity index (χ2n) is 8.59. The van der Waals surface area contributed by atoms with Crippen molar-refractivity contribution < 1.29 is 24.3 Å². The van der Waals surface area contributed by atoms with Crippen LogP contribution in [0.4, 0.5) is 10.5 Å². The number of hydroxylamine groups is 2. The van der Waals surface area contributed by atoms with Crippen LogP contribution >= 0.6 is 0 Å². The van der Waals surface area contributed by atoms with E-state index in [1.54, 1.807) is 23.1 Å². The Morgan fingerprint density at radius 2 is 1.67 bits per heavy atom. The summed E-state index contributed by atoms with van der Waals surface area (Å²) >= 11 is 0. The van der Waals surface area contributed by atoms with Crippen LogP contribution in [0.25, 0.3) is 10.8 Å². The zero-order valence-corrected chi connectivity index (χ0v) is 17.3. The lowest BCUT2D eigenvalue weighted by Gasteiger charge is -2.28. The molecule has 4 rings (SSSR count). The normalized spacial score (nSPS) is 17.4. The minimum absolute atomic E-state index is 0.168. The summed E-state index contributed by atoms with van der Waals surface area (Å²) in [5.41, 5.74) is 0.959. The molecule has 8 heteroatoms. The van der Waals surface area contributed by atoms with E-state index in [1.165, 1.54) is 0 Å². The van der Waals surface area contributed by atoms with Crippen molar-refractivity contribution >= 4 is 34.4 Å². The Morgan fingerprint density at radius 1 is 0.967 bits per heavy atom. The molecule has 2 heterocycles. The minimum Gasteiger partial charge on any atom is -0.444 e. The highest BCUT2D eigenvalue weighted by Crippen LogP contribution is 2.36. The highest BCUT2D eigenvalue weighted by molar-refractivity contribution is 6.26. The van der Waals surface area contributed by atoms with Gasteiger partial charge >= 0.3 is 6.09 Å². The van der Waals surface area contributed by atoms with Gasteiger partial charge in [-0.1, -0.05) is 12.1 Å². The fourth-order valence-electron chi connectivity index (χ4n) is 4.01. The molecule has 0 spiro atoms. The third kappa shape index (κ3) is 3.47. The van der Waals surface area contributed by atoms with Crippen molar-refractivity contribution in [3.05, 3.63) is 41.5 Å². The molecule has 30 heavy (non-hydrogen) atoms. The van der Waals surface area contributed by atoms with Crippen LogP contribution in [0.2, 0.25) is 0 Å². The molecule has 3 amide bonds. The van der Waals surface area contributed by atoms with Crippen molar-refractivity contribution in [3.8, 4) is 0 Å². The van der Waals surface area contributed by atoms with E-state index in [9.17, 15) is 19.6 Å². The van der Waals surface area contributed by atoms with Crippen LogP contribution in [0.5, 0.6) is 0 Å². The predicted octanol–water partition coefficient (Wildman–Crippen LogP) is 3.27. The molecule has 0 unspecified atom stereocenters. The largest absolute Gasteiger partial charge is 0.444 e. The SMILES string of the molecule is CC(C)(C)OC(=O)N1CCCN(c2ccc3c4c(cccc24)C(=O)N(O)C3=O)CC1. The lowest BCUT2D eigenvalue weighted by atomic mass is 9.93. The van der Waals surface area contributed by atoms with Crippen LogP contribution < -0.4 is 4.90 Å². The summed E-state index contributed by atoms with van der Waals surface area (Å²) in [6.45, 7) is 7.99. The van der Waals surface area contributed by atoms with Crippen LogP contribution in [0.3, 0.4) is 0 Å². The van der Waals surface area contributed by atoms with Crippen molar-refractivity contribution in [1.29, 1.82) is 0 Å². The number of imide groups is 1. The van der Waals surface area contributed by atoms with E-state index in [2.05, 4.69) is 4.90 Å². The number of ether oxygens (including phenoxy) is 1. The molecule has 8 nitrogen and oxygen atoms in total. The molecule has 0 aliphatic carbocycles. The molecule has 1 N–H and O–H groups in total. The van der Waals surface area contributed by atoms with E-state index in [1.807, 2.05) is 32.9 Å². The van der Waals surface area contributed by atoms with Crippen LogP contribution in [-0.4, -0.2) is 64.9 Å². The summed E-state index contributed by atoms with van der Waals surface area (Å²) in [7, 11) is 0. The first-order chi connectivity index (χ1) is 14.2. The van der Waals surface area contributed by atoms with Gasteiger partial charge in [-0.05, 0) is 45.4 Å². The molecule has 2 aliphatic heterocycles. The highest BCUT2D eigenvalue weighted by Gasteiger charge is 2.33. The van der Waals surface area contributed by atoms with Crippen molar-refractivity contribution in [3.63, 3.8) is 0 Å². The Bertz CT molecular complexity index is 1020. The lowest BCUT2D eigenvalue weighted by Crippen LogP contribution is -2.39. The Balaban J connectivity index is 1.65. The third-order valence-electron chi connectivity index (χ3n) is 5.35. The molecule has 2 aromatic carbocycles. The smallest absolute Gasteiger partial charge is 0.410 e. The number of rotatable bonds is 1. The van der Waals surface area contributed by atoms with Crippen molar-refractivity contribution in [1.82, 2.24) is 9.96 Å². The summed E-state index contributed by atoms with van der Waals surface area (Å²) in [5, 5.41) is 11.3. The maximum Gasteiger partial charge on any atom is 0.410 e. The molecule has 0 aromatic heterocycles. The average molecular weight is 411 g/mol. The van der Waals surface area contributed by atoms with Gasteiger partial charge in [0.2, 0.25) is 0 Å². The van der Waals surface area contributed by atoms with Gasteiger partial charge < -0.3 is 14.5 Å². The molecule has 158 valence electrons. The van der Waals surface area contributed by atoms with E-state index in [4.69, 9.17) is 4.74 Å².